The number of benzene rings is 2. The van der Waals surface area contributed by atoms with Crippen LogP contribution >= 0.6 is 0 Å². The van der Waals surface area contributed by atoms with Crippen molar-refractivity contribution in [2.75, 3.05) is 7.05 Å². The number of hydrogen-bond acceptors (Lipinski definition) is 3. The van der Waals surface area contributed by atoms with Gasteiger partial charge in [0.1, 0.15) is 5.75 Å². The minimum absolute atomic E-state index is 0.104. The topological polar surface area (TPSA) is 65.4 Å². The molecule has 0 atom stereocenters. The predicted octanol–water partition coefficient (Wildman–Crippen LogP) is 3.93. The highest BCUT2D eigenvalue weighted by atomic mass is 19.1. The van der Waals surface area contributed by atoms with Gasteiger partial charge < -0.3 is 10.1 Å². The molecule has 0 saturated carbocycles. The molecule has 0 amide bonds. The molecule has 2 N–H and O–H groups in total. The maximum absolute atomic E-state index is 14.8. The van der Waals surface area contributed by atoms with E-state index in [4.69, 9.17) is 0 Å². The van der Waals surface area contributed by atoms with Crippen LogP contribution < -0.4 is 0 Å². The standard InChI is InChI=1S/C20H17FN2O2/c1-20(2)14-8-11(24)5-7-12(14)18(25)15-13-6-4-10(9-22-3)16(21)17(13)23-19(15)20/h4-9,23-24H,1-3H3/b22-9-. The smallest absolute Gasteiger partial charge is 0.195 e. The Morgan fingerprint density at radius 2 is 2.00 bits per heavy atom. The molecule has 0 bridgehead atoms. The van der Waals surface area contributed by atoms with Crippen molar-refractivity contribution in [2.45, 2.75) is 19.3 Å². The molecule has 0 fully saturated rings. The predicted molar refractivity (Wildman–Crippen MR) is 95.4 cm³/mol. The Morgan fingerprint density at radius 3 is 2.72 bits per heavy atom. The summed E-state index contributed by atoms with van der Waals surface area (Å²) in [4.78, 5) is 20.0. The molecular formula is C20H17FN2O2. The molecule has 0 aliphatic heterocycles. The Labute approximate surface area is 144 Å². The number of nitrogens with zero attached hydrogens (tertiary/aromatic N) is 1. The third kappa shape index (κ3) is 1.98. The highest BCUT2D eigenvalue weighted by Gasteiger charge is 2.40. The Hall–Kier alpha value is -2.95. The summed E-state index contributed by atoms with van der Waals surface area (Å²) >= 11 is 0. The number of aromatic amines is 1. The van der Waals surface area contributed by atoms with Crippen LogP contribution in [0.1, 0.15) is 46.6 Å². The molecule has 0 radical (unpaired) electrons. The second-order valence-electron chi connectivity index (χ2n) is 6.84. The number of rotatable bonds is 1. The lowest BCUT2D eigenvalue weighted by atomic mass is 9.71. The van der Waals surface area contributed by atoms with Crippen LogP contribution in [-0.4, -0.2) is 29.1 Å². The number of ketones is 1. The first-order chi connectivity index (χ1) is 11.9. The molecule has 126 valence electrons. The van der Waals surface area contributed by atoms with Crippen LogP contribution in [0.15, 0.2) is 35.3 Å². The van der Waals surface area contributed by atoms with Gasteiger partial charge in [0.2, 0.25) is 0 Å². The summed E-state index contributed by atoms with van der Waals surface area (Å²) in [5.74, 6) is -0.480. The van der Waals surface area contributed by atoms with Crippen LogP contribution in [0.4, 0.5) is 4.39 Å². The van der Waals surface area contributed by atoms with Gasteiger partial charge >= 0.3 is 0 Å². The van der Waals surface area contributed by atoms with Gasteiger partial charge in [-0.25, -0.2) is 4.39 Å². The zero-order valence-electron chi connectivity index (χ0n) is 14.1. The van der Waals surface area contributed by atoms with Crippen molar-refractivity contribution >= 4 is 22.9 Å². The Bertz CT molecular complexity index is 1080. The number of carbonyl (C=O) groups excluding carboxylic acids is 1. The molecule has 0 spiro atoms. The van der Waals surface area contributed by atoms with Crippen LogP contribution in [0, 0.1) is 5.82 Å². The van der Waals surface area contributed by atoms with E-state index >= 15 is 0 Å². The number of fused-ring (bicyclic) bond motifs is 4. The number of nitrogens with one attached hydrogen (secondary N) is 1. The van der Waals surface area contributed by atoms with Crippen molar-refractivity contribution in [2.24, 2.45) is 4.99 Å². The van der Waals surface area contributed by atoms with Gasteiger partial charge in [-0.15, -0.1) is 0 Å². The number of carbonyl (C=O) groups is 1. The fourth-order valence-corrected chi connectivity index (χ4v) is 3.70. The molecule has 1 heterocycles. The van der Waals surface area contributed by atoms with Gasteiger partial charge in [0, 0.05) is 40.9 Å². The van der Waals surface area contributed by atoms with Crippen molar-refractivity contribution in [3.8, 4) is 5.75 Å². The van der Waals surface area contributed by atoms with E-state index in [2.05, 4.69) is 9.98 Å². The Balaban J connectivity index is 2.08. The largest absolute Gasteiger partial charge is 0.508 e. The number of hydrogen-bond donors (Lipinski definition) is 2. The number of aromatic nitrogens is 1. The molecule has 5 heteroatoms. The van der Waals surface area contributed by atoms with Gasteiger partial charge in [-0.3, -0.25) is 9.79 Å². The highest BCUT2D eigenvalue weighted by molar-refractivity contribution is 6.20. The normalized spacial score (nSPS) is 15.6. The maximum Gasteiger partial charge on any atom is 0.195 e. The summed E-state index contributed by atoms with van der Waals surface area (Å²) in [6.07, 6.45) is 1.45. The fraction of sp³-hybridized carbons (Fsp3) is 0.200. The van der Waals surface area contributed by atoms with E-state index in [1.54, 1.807) is 31.3 Å². The average Bonchev–Trinajstić information content (AvgIpc) is 2.97. The van der Waals surface area contributed by atoms with E-state index < -0.39 is 11.2 Å². The molecule has 1 aromatic heterocycles. The lowest BCUT2D eigenvalue weighted by molar-refractivity contribution is 0.103. The quantitative estimate of drug-likeness (QED) is 0.661. The molecular weight excluding hydrogens is 319 g/mol. The number of phenols is 1. The van der Waals surface area contributed by atoms with E-state index in [1.165, 1.54) is 12.3 Å². The third-order valence-corrected chi connectivity index (χ3v) is 4.98. The molecule has 1 aliphatic rings. The van der Waals surface area contributed by atoms with Gasteiger partial charge in [0.05, 0.1) is 11.1 Å². The van der Waals surface area contributed by atoms with Gasteiger partial charge in [-0.05, 0) is 29.8 Å². The van der Waals surface area contributed by atoms with Crippen molar-refractivity contribution in [3.05, 3.63) is 64.1 Å². The number of halogens is 1. The van der Waals surface area contributed by atoms with Crippen LogP contribution in [0.25, 0.3) is 10.9 Å². The highest BCUT2D eigenvalue weighted by Crippen LogP contribution is 2.44. The van der Waals surface area contributed by atoms with Crippen molar-refractivity contribution in [3.63, 3.8) is 0 Å². The average molecular weight is 336 g/mol. The van der Waals surface area contributed by atoms with E-state index in [0.717, 1.165) is 5.56 Å². The number of phenolic OH excluding ortho intramolecular Hbond substituents is 1. The zero-order chi connectivity index (χ0) is 17.9. The molecule has 2 aromatic carbocycles. The number of aromatic hydroxyl groups is 1. The van der Waals surface area contributed by atoms with E-state index in [1.807, 2.05) is 13.8 Å². The van der Waals surface area contributed by atoms with Crippen molar-refractivity contribution in [1.82, 2.24) is 4.98 Å². The summed E-state index contributed by atoms with van der Waals surface area (Å²) in [5.41, 5.74) is 2.53. The molecule has 4 rings (SSSR count). The summed E-state index contributed by atoms with van der Waals surface area (Å²) in [6, 6.07) is 8.12. The van der Waals surface area contributed by atoms with Gasteiger partial charge in [-0.2, -0.15) is 0 Å². The number of H-pyrrole nitrogens is 1. The Morgan fingerprint density at radius 1 is 1.24 bits per heavy atom. The van der Waals surface area contributed by atoms with E-state index in [9.17, 15) is 14.3 Å². The molecule has 4 nitrogen and oxygen atoms in total. The van der Waals surface area contributed by atoms with Gasteiger partial charge in [-0.1, -0.05) is 19.9 Å². The first-order valence-electron chi connectivity index (χ1n) is 8.01. The van der Waals surface area contributed by atoms with Crippen molar-refractivity contribution in [1.29, 1.82) is 0 Å². The first kappa shape index (κ1) is 15.6. The molecule has 3 aromatic rings. The maximum atomic E-state index is 14.8. The zero-order valence-corrected chi connectivity index (χ0v) is 14.1. The first-order valence-corrected chi connectivity index (χ1v) is 8.01. The van der Waals surface area contributed by atoms with E-state index in [-0.39, 0.29) is 11.5 Å². The van der Waals surface area contributed by atoms with E-state index in [0.29, 0.717) is 33.3 Å². The minimum Gasteiger partial charge on any atom is -0.508 e. The third-order valence-electron chi connectivity index (χ3n) is 4.98. The molecule has 25 heavy (non-hydrogen) atoms. The van der Waals surface area contributed by atoms with Crippen LogP contribution in [0.3, 0.4) is 0 Å². The monoisotopic (exact) mass is 336 g/mol. The Kier molecular flexibility index (Phi) is 3.13. The van der Waals surface area contributed by atoms with Crippen LogP contribution in [0.5, 0.6) is 5.75 Å². The second kappa shape index (κ2) is 5.02. The summed E-state index contributed by atoms with van der Waals surface area (Å²) in [6.45, 7) is 3.91. The van der Waals surface area contributed by atoms with Gasteiger partial charge in [0.15, 0.2) is 11.6 Å². The summed E-state index contributed by atoms with van der Waals surface area (Å²) in [7, 11) is 1.58. The molecule has 0 unspecified atom stereocenters. The van der Waals surface area contributed by atoms with Crippen LogP contribution in [0.2, 0.25) is 0 Å². The van der Waals surface area contributed by atoms with Crippen molar-refractivity contribution < 1.29 is 14.3 Å². The second-order valence-corrected chi connectivity index (χ2v) is 6.84. The summed E-state index contributed by atoms with van der Waals surface area (Å²) < 4.78 is 14.8. The fourth-order valence-electron chi connectivity index (χ4n) is 3.70. The minimum atomic E-state index is -0.568. The lowest BCUT2D eigenvalue weighted by Gasteiger charge is -2.32. The SMILES string of the molecule is C/N=C\c1ccc2c3c([nH]c2c1F)C(C)(C)c1cc(O)ccc1C3=O. The van der Waals surface area contributed by atoms with Gasteiger partial charge in [0.25, 0.3) is 0 Å². The molecule has 1 aliphatic carbocycles. The number of aliphatic imine (C=N–C) groups is 1. The van der Waals surface area contributed by atoms with Crippen LogP contribution in [-0.2, 0) is 5.41 Å². The lowest BCUT2D eigenvalue weighted by Crippen LogP contribution is -2.30. The molecule has 0 saturated heterocycles. The summed E-state index contributed by atoms with van der Waals surface area (Å²) in [5, 5.41) is 10.4.